The van der Waals surface area contributed by atoms with E-state index >= 15 is 0 Å². The number of aliphatic hydroxyl groups is 1. The van der Waals surface area contributed by atoms with Crippen LogP contribution in [0.5, 0.6) is 0 Å². The van der Waals surface area contributed by atoms with E-state index in [4.69, 9.17) is 4.42 Å². The van der Waals surface area contributed by atoms with Crippen molar-refractivity contribution in [1.82, 2.24) is 5.32 Å². The van der Waals surface area contributed by atoms with Crippen molar-refractivity contribution in [1.29, 1.82) is 0 Å². The fourth-order valence-corrected chi connectivity index (χ4v) is 1.90. The first kappa shape index (κ1) is 16.3. The summed E-state index contributed by atoms with van der Waals surface area (Å²) in [4.78, 5) is 11.4. The number of furan rings is 1. The summed E-state index contributed by atoms with van der Waals surface area (Å²) in [6, 6.07) is 10.8. The van der Waals surface area contributed by atoms with Crippen LogP contribution >= 0.6 is 0 Å². The molecule has 1 aromatic heterocycles. The average Bonchev–Trinajstić information content (AvgIpc) is 3.01. The molecule has 5 nitrogen and oxygen atoms in total. The highest BCUT2D eigenvalue weighted by Crippen LogP contribution is 2.23. The van der Waals surface area contributed by atoms with Crippen LogP contribution in [0, 0.1) is 0 Å². The second-order valence-corrected chi connectivity index (χ2v) is 5.73. The van der Waals surface area contributed by atoms with Gasteiger partial charge in [0.25, 0.3) is 0 Å². The minimum absolute atomic E-state index is 0.0511. The number of carbonyl (C=O) groups is 1. The van der Waals surface area contributed by atoms with Gasteiger partial charge in [-0.25, -0.2) is 4.79 Å². The first-order chi connectivity index (χ1) is 10.4. The number of ether oxygens (including phenoxy) is 1. The van der Waals surface area contributed by atoms with Gasteiger partial charge in [0.1, 0.15) is 11.5 Å². The molecule has 0 spiro atoms. The number of benzene rings is 1. The lowest BCUT2D eigenvalue weighted by molar-refractivity contribution is 0.0600. The zero-order valence-corrected chi connectivity index (χ0v) is 13.1. The fourth-order valence-electron chi connectivity index (χ4n) is 1.90. The molecule has 0 amide bonds. The third-order valence-electron chi connectivity index (χ3n) is 3.39. The van der Waals surface area contributed by atoms with E-state index in [1.54, 1.807) is 12.1 Å². The molecule has 0 saturated heterocycles. The zero-order chi connectivity index (χ0) is 16.2. The minimum atomic E-state index is -0.359. The summed E-state index contributed by atoms with van der Waals surface area (Å²) in [5, 5.41) is 12.4. The zero-order valence-electron chi connectivity index (χ0n) is 13.1. The molecule has 0 radical (unpaired) electrons. The van der Waals surface area contributed by atoms with E-state index in [-0.39, 0.29) is 18.1 Å². The van der Waals surface area contributed by atoms with Crippen molar-refractivity contribution in [2.24, 2.45) is 0 Å². The van der Waals surface area contributed by atoms with E-state index in [0.29, 0.717) is 12.1 Å². The van der Waals surface area contributed by atoms with Gasteiger partial charge in [-0.2, -0.15) is 0 Å². The Labute approximate surface area is 129 Å². The van der Waals surface area contributed by atoms with Crippen LogP contribution in [-0.4, -0.2) is 30.3 Å². The molecule has 118 valence electrons. The number of esters is 1. The van der Waals surface area contributed by atoms with Crippen molar-refractivity contribution < 1.29 is 19.1 Å². The van der Waals surface area contributed by atoms with Gasteiger partial charge < -0.3 is 19.6 Å². The molecule has 0 atom stereocenters. The number of methoxy groups -OCH3 is 1. The van der Waals surface area contributed by atoms with Crippen molar-refractivity contribution in [2.45, 2.75) is 25.9 Å². The Balaban J connectivity index is 2.06. The van der Waals surface area contributed by atoms with Gasteiger partial charge in [0.15, 0.2) is 0 Å². The monoisotopic (exact) mass is 303 g/mol. The largest absolute Gasteiger partial charge is 0.465 e. The van der Waals surface area contributed by atoms with E-state index in [0.717, 1.165) is 17.1 Å². The van der Waals surface area contributed by atoms with Crippen LogP contribution in [0.25, 0.3) is 11.3 Å². The number of rotatable bonds is 6. The van der Waals surface area contributed by atoms with E-state index in [2.05, 4.69) is 10.1 Å². The van der Waals surface area contributed by atoms with Gasteiger partial charge >= 0.3 is 5.97 Å². The van der Waals surface area contributed by atoms with Gasteiger partial charge in [-0.3, -0.25) is 0 Å². The maximum absolute atomic E-state index is 11.4. The molecule has 1 heterocycles. The lowest BCUT2D eigenvalue weighted by Crippen LogP contribution is -2.41. The number of hydrogen-bond donors (Lipinski definition) is 2. The molecule has 0 fully saturated rings. The molecule has 22 heavy (non-hydrogen) atoms. The number of nitrogens with one attached hydrogen (secondary N) is 1. The predicted molar refractivity (Wildman–Crippen MR) is 83.5 cm³/mol. The molecule has 2 N–H and O–H groups in total. The molecular weight excluding hydrogens is 282 g/mol. The first-order valence-electron chi connectivity index (χ1n) is 7.08. The van der Waals surface area contributed by atoms with Crippen LogP contribution in [0.4, 0.5) is 0 Å². The highest BCUT2D eigenvalue weighted by atomic mass is 16.5. The molecular formula is C17H21NO4. The molecule has 0 unspecified atom stereocenters. The summed E-state index contributed by atoms with van der Waals surface area (Å²) in [7, 11) is 1.36. The molecule has 0 bridgehead atoms. The fraction of sp³-hybridized carbons (Fsp3) is 0.353. The summed E-state index contributed by atoms with van der Waals surface area (Å²) >= 11 is 0. The Hall–Kier alpha value is -2.11. The third-order valence-corrected chi connectivity index (χ3v) is 3.39. The quantitative estimate of drug-likeness (QED) is 0.803. The standard InChI is InChI=1S/C17H21NO4/c1-17(2,11-19)18-10-14-8-9-15(22-14)12-4-6-13(7-5-12)16(20)21-3/h4-9,18-19H,10-11H2,1-3H3. The van der Waals surface area contributed by atoms with Gasteiger partial charge in [0, 0.05) is 11.1 Å². The van der Waals surface area contributed by atoms with Crippen molar-refractivity contribution in [2.75, 3.05) is 13.7 Å². The highest BCUT2D eigenvalue weighted by Gasteiger charge is 2.16. The van der Waals surface area contributed by atoms with E-state index in [9.17, 15) is 9.90 Å². The Bertz CT molecular complexity index is 628. The molecule has 1 aromatic carbocycles. The van der Waals surface area contributed by atoms with Gasteiger partial charge in [0.2, 0.25) is 0 Å². The van der Waals surface area contributed by atoms with Gasteiger partial charge in [-0.05, 0) is 38.1 Å². The summed E-state index contributed by atoms with van der Waals surface area (Å²) in [5.41, 5.74) is 1.04. The second-order valence-electron chi connectivity index (χ2n) is 5.73. The topological polar surface area (TPSA) is 71.7 Å². The Morgan fingerprint density at radius 1 is 1.23 bits per heavy atom. The Morgan fingerprint density at radius 3 is 2.50 bits per heavy atom. The summed E-state index contributed by atoms with van der Waals surface area (Å²) in [6.07, 6.45) is 0. The Kier molecular flexibility index (Phi) is 5.00. The lowest BCUT2D eigenvalue weighted by Gasteiger charge is -2.22. The number of hydrogen-bond acceptors (Lipinski definition) is 5. The van der Waals surface area contributed by atoms with Crippen LogP contribution in [-0.2, 0) is 11.3 Å². The van der Waals surface area contributed by atoms with Gasteiger partial charge in [0.05, 0.1) is 25.8 Å². The van der Waals surface area contributed by atoms with Gasteiger partial charge in [-0.1, -0.05) is 12.1 Å². The molecule has 0 aliphatic carbocycles. The molecule has 0 aliphatic heterocycles. The van der Waals surface area contributed by atoms with Crippen LogP contribution in [0.2, 0.25) is 0 Å². The van der Waals surface area contributed by atoms with Crippen molar-refractivity contribution in [3.63, 3.8) is 0 Å². The van der Waals surface area contributed by atoms with Crippen molar-refractivity contribution in [3.05, 3.63) is 47.7 Å². The number of carbonyl (C=O) groups excluding carboxylic acids is 1. The predicted octanol–water partition coefficient (Wildman–Crippen LogP) is 2.59. The average molecular weight is 303 g/mol. The summed E-state index contributed by atoms with van der Waals surface area (Å²) < 4.78 is 10.4. The molecule has 5 heteroatoms. The Morgan fingerprint density at radius 2 is 1.91 bits per heavy atom. The van der Waals surface area contributed by atoms with Crippen LogP contribution < -0.4 is 5.32 Å². The first-order valence-corrected chi connectivity index (χ1v) is 7.08. The highest BCUT2D eigenvalue weighted by molar-refractivity contribution is 5.89. The maximum Gasteiger partial charge on any atom is 0.337 e. The normalized spacial score (nSPS) is 11.5. The smallest absolute Gasteiger partial charge is 0.337 e. The van der Waals surface area contributed by atoms with E-state index in [1.807, 2.05) is 38.1 Å². The van der Waals surface area contributed by atoms with Gasteiger partial charge in [-0.15, -0.1) is 0 Å². The van der Waals surface area contributed by atoms with Crippen molar-refractivity contribution >= 4 is 5.97 Å². The van der Waals surface area contributed by atoms with Crippen LogP contribution in [0.15, 0.2) is 40.8 Å². The third kappa shape index (κ3) is 3.96. The van der Waals surface area contributed by atoms with Crippen LogP contribution in [0.1, 0.15) is 30.0 Å². The summed E-state index contributed by atoms with van der Waals surface area (Å²) in [6.45, 7) is 4.42. The minimum Gasteiger partial charge on any atom is -0.465 e. The summed E-state index contributed by atoms with van der Waals surface area (Å²) in [5.74, 6) is 1.16. The van der Waals surface area contributed by atoms with E-state index < -0.39 is 0 Å². The number of aliphatic hydroxyl groups excluding tert-OH is 1. The van der Waals surface area contributed by atoms with Crippen LogP contribution in [0.3, 0.4) is 0 Å². The maximum atomic E-state index is 11.4. The molecule has 2 rings (SSSR count). The molecule has 0 aliphatic rings. The van der Waals surface area contributed by atoms with E-state index in [1.165, 1.54) is 7.11 Å². The lowest BCUT2D eigenvalue weighted by atomic mass is 10.1. The van der Waals surface area contributed by atoms with Crippen molar-refractivity contribution in [3.8, 4) is 11.3 Å². The second kappa shape index (κ2) is 6.77. The molecule has 0 saturated carbocycles. The molecule has 2 aromatic rings. The SMILES string of the molecule is COC(=O)c1ccc(-c2ccc(CNC(C)(C)CO)o2)cc1.